The average molecular weight is 379 g/mol. The van der Waals surface area contributed by atoms with Crippen molar-refractivity contribution in [3.05, 3.63) is 34.9 Å². The van der Waals surface area contributed by atoms with Crippen molar-refractivity contribution in [1.82, 2.24) is 9.80 Å². The van der Waals surface area contributed by atoms with Crippen LogP contribution in [0.2, 0.25) is 5.02 Å². The largest absolute Gasteiger partial charge is 0.396 e. The van der Waals surface area contributed by atoms with Crippen molar-refractivity contribution in [1.29, 1.82) is 0 Å². The standard InChI is InChI=1S/C21H31ClN2O2/c22-20-8-5-17(6-9-20)7-10-21(26)24-14-18(19(15-24)16-25)13-23-11-3-1-2-4-12-23/h5-6,8-9,18-19,25H,1-4,7,10-16H2/t18-,19-/m1/s1. The first-order valence-electron chi connectivity index (χ1n) is 10.0. The molecule has 0 spiro atoms. The van der Waals surface area contributed by atoms with Crippen LogP contribution in [0.3, 0.4) is 0 Å². The van der Waals surface area contributed by atoms with E-state index < -0.39 is 0 Å². The van der Waals surface area contributed by atoms with Crippen LogP contribution in [0.5, 0.6) is 0 Å². The molecule has 2 fully saturated rings. The number of halogens is 1. The Bertz CT molecular complexity index is 570. The highest BCUT2D eigenvalue weighted by Crippen LogP contribution is 2.26. The number of carbonyl (C=O) groups is 1. The minimum absolute atomic E-state index is 0.180. The van der Waals surface area contributed by atoms with Crippen molar-refractivity contribution >= 4 is 17.5 Å². The number of rotatable bonds is 6. The Morgan fingerprint density at radius 1 is 1.04 bits per heavy atom. The van der Waals surface area contributed by atoms with Crippen LogP contribution in [0.4, 0.5) is 0 Å². The smallest absolute Gasteiger partial charge is 0.222 e. The van der Waals surface area contributed by atoms with Gasteiger partial charge in [-0.15, -0.1) is 0 Å². The number of benzene rings is 1. The molecule has 0 unspecified atom stereocenters. The van der Waals surface area contributed by atoms with Gasteiger partial charge in [-0.3, -0.25) is 4.79 Å². The van der Waals surface area contributed by atoms with E-state index in [1.165, 1.54) is 38.8 Å². The van der Waals surface area contributed by atoms with E-state index in [0.717, 1.165) is 30.1 Å². The van der Waals surface area contributed by atoms with Gasteiger partial charge in [-0.25, -0.2) is 0 Å². The summed E-state index contributed by atoms with van der Waals surface area (Å²) in [7, 11) is 0. The molecular formula is C21H31ClN2O2. The summed E-state index contributed by atoms with van der Waals surface area (Å²) in [5.41, 5.74) is 1.14. The van der Waals surface area contributed by atoms with Crippen molar-refractivity contribution in [2.45, 2.75) is 38.5 Å². The first-order chi connectivity index (χ1) is 12.7. The second-order valence-electron chi connectivity index (χ2n) is 7.84. The fourth-order valence-corrected chi connectivity index (χ4v) is 4.39. The molecule has 1 N–H and O–H groups in total. The summed E-state index contributed by atoms with van der Waals surface area (Å²) in [6.07, 6.45) is 6.49. The summed E-state index contributed by atoms with van der Waals surface area (Å²) in [5, 5.41) is 10.5. The lowest BCUT2D eigenvalue weighted by molar-refractivity contribution is -0.130. The van der Waals surface area contributed by atoms with Gasteiger partial charge >= 0.3 is 0 Å². The van der Waals surface area contributed by atoms with Crippen molar-refractivity contribution < 1.29 is 9.90 Å². The zero-order chi connectivity index (χ0) is 18.4. The summed E-state index contributed by atoms with van der Waals surface area (Å²) in [4.78, 5) is 17.2. The van der Waals surface area contributed by atoms with Gasteiger partial charge in [-0.2, -0.15) is 0 Å². The van der Waals surface area contributed by atoms with Gasteiger partial charge in [0.2, 0.25) is 5.91 Å². The maximum absolute atomic E-state index is 12.6. The number of aliphatic hydroxyl groups excluding tert-OH is 1. The minimum atomic E-state index is 0.180. The van der Waals surface area contributed by atoms with E-state index in [1.807, 2.05) is 29.2 Å². The highest BCUT2D eigenvalue weighted by atomic mass is 35.5. The molecule has 26 heavy (non-hydrogen) atoms. The van der Waals surface area contributed by atoms with Crippen LogP contribution < -0.4 is 0 Å². The van der Waals surface area contributed by atoms with Crippen molar-refractivity contribution in [2.24, 2.45) is 11.8 Å². The van der Waals surface area contributed by atoms with Gasteiger partial charge in [-0.05, 0) is 56.0 Å². The van der Waals surface area contributed by atoms with Gasteiger partial charge < -0.3 is 14.9 Å². The molecule has 2 atom stereocenters. The third-order valence-electron chi connectivity index (χ3n) is 5.90. The lowest BCUT2D eigenvalue weighted by Gasteiger charge is -2.26. The lowest BCUT2D eigenvalue weighted by atomic mass is 9.96. The summed E-state index contributed by atoms with van der Waals surface area (Å²) >= 11 is 5.91. The molecule has 2 aliphatic heterocycles. The molecule has 0 aromatic heterocycles. The third-order valence-corrected chi connectivity index (χ3v) is 6.15. The molecule has 0 aliphatic carbocycles. The molecule has 144 valence electrons. The topological polar surface area (TPSA) is 43.8 Å². The average Bonchev–Trinajstić information content (AvgIpc) is 2.88. The van der Waals surface area contributed by atoms with E-state index in [1.54, 1.807) is 0 Å². The van der Waals surface area contributed by atoms with Crippen LogP contribution in [0.1, 0.15) is 37.7 Å². The normalized spacial score (nSPS) is 24.6. The summed E-state index contributed by atoms with van der Waals surface area (Å²) in [5.74, 6) is 0.826. The third kappa shape index (κ3) is 5.45. The second kappa shape index (κ2) is 9.72. The highest BCUT2D eigenvalue weighted by Gasteiger charge is 2.35. The van der Waals surface area contributed by atoms with Crippen LogP contribution in [0.15, 0.2) is 24.3 Å². The predicted molar refractivity (Wildman–Crippen MR) is 105 cm³/mol. The number of nitrogens with zero attached hydrogens (tertiary/aromatic N) is 2. The van der Waals surface area contributed by atoms with E-state index in [-0.39, 0.29) is 18.4 Å². The summed E-state index contributed by atoms with van der Waals surface area (Å²) < 4.78 is 0. The molecule has 2 heterocycles. The number of aryl methyl sites for hydroxylation is 1. The summed E-state index contributed by atoms with van der Waals surface area (Å²) in [6.45, 7) is 5.03. The van der Waals surface area contributed by atoms with Gasteiger partial charge in [0.05, 0.1) is 0 Å². The van der Waals surface area contributed by atoms with Crippen molar-refractivity contribution in [3.63, 3.8) is 0 Å². The number of hydrogen-bond donors (Lipinski definition) is 1. The van der Waals surface area contributed by atoms with E-state index in [9.17, 15) is 9.90 Å². The molecule has 0 bridgehead atoms. The van der Waals surface area contributed by atoms with E-state index in [2.05, 4.69) is 4.90 Å². The zero-order valence-corrected chi connectivity index (χ0v) is 16.3. The van der Waals surface area contributed by atoms with E-state index in [4.69, 9.17) is 11.6 Å². The number of likely N-dealkylation sites (tertiary alicyclic amines) is 2. The van der Waals surface area contributed by atoms with Gasteiger partial charge in [0.15, 0.2) is 0 Å². The Kier molecular flexibility index (Phi) is 7.35. The molecule has 1 aromatic carbocycles. The Morgan fingerprint density at radius 2 is 1.69 bits per heavy atom. The van der Waals surface area contributed by atoms with Crippen LogP contribution in [0, 0.1) is 11.8 Å². The van der Waals surface area contributed by atoms with Crippen LogP contribution in [-0.4, -0.2) is 60.1 Å². The SMILES string of the molecule is O=C(CCc1ccc(Cl)cc1)N1C[C@@H](CN2CCCCCC2)[C@@H](CO)C1. The Hall–Kier alpha value is -1.10. The molecule has 0 saturated carbocycles. The quantitative estimate of drug-likeness (QED) is 0.826. The molecule has 1 aromatic rings. The van der Waals surface area contributed by atoms with Crippen molar-refractivity contribution in [2.75, 3.05) is 39.3 Å². The maximum atomic E-state index is 12.6. The van der Waals surface area contributed by atoms with Gasteiger partial charge in [-0.1, -0.05) is 36.6 Å². The minimum Gasteiger partial charge on any atom is -0.396 e. The molecule has 2 saturated heterocycles. The molecule has 0 radical (unpaired) electrons. The van der Waals surface area contributed by atoms with Gasteiger partial charge in [0, 0.05) is 43.6 Å². The van der Waals surface area contributed by atoms with Gasteiger partial charge in [0.1, 0.15) is 0 Å². The van der Waals surface area contributed by atoms with Crippen LogP contribution in [-0.2, 0) is 11.2 Å². The summed E-state index contributed by atoms with van der Waals surface area (Å²) in [6, 6.07) is 7.71. The van der Waals surface area contributed by atoms with Crippen LogP contribution >= 0.6 is 11.6 Å². The molecule has 4 nitrogen and oxygen atoms in total. The zero-order valence-electron chi connectivity index (χ0n) is 15.6. The number of amides is 1. The van der Waals surface area contributed by atoms with Crippen molar-refractivity contribution in [3.8, 4) is 0 Å². The maximum Gasteiger partial charge on any atom is 0.222 e. The molecule has 1 amide bonds. The first kappa shape index (κ1) is 19.7. The molecule has 2 aliphatic rings. The first-order valence-corrected chi connectivity index (χ1v) is 10.4. The monoisotopic (exact) mass is 378 g/mol. The number of hydrogen-bond acceptors (Lipinski definition) is 3. The Labute approximate surface area is 162 Å². The van der Waals surface area contributed by atoms with E-state index in [0.29, 0.717) is 18.9 Å². The molecule has 3 rings (SSSR count). The second-order valence-corrected chi connectivity index (χ2v) is 8.28. The fraction of sp³-hybridized carbons (Fsp3) is 0.667. The van der Waals surface area contributed by atoms with Gasteiger partial charge in [0.25, 0.3) is 0 Å². The molecular weight excluding hydrogens is 348 g/mol. The van der Waals surface area contributed by atoms with E-state index >= 15 is 0 Å². The predicted octanol–water partition coefficient (Wildman–Crippen LogP) is 3.22. The lowest BCUT2D eigenvalue weighted by Crippen LogP contribution is -2.35. The number of aliphatic hydroxyl groups is 1. The highest BCUT2D eigenvalue weighted by molar-refractivity contribution is 6.30. The number of carbonyl (C=O) groups excluding carboxylic acids is 1. The molecule has 5 heteroatoms. The Balaban J connectivity index is 1.50. The van der Waals surface area contributed by atoms with Crippen LogP contribution in [0.25, 0.3) is 0 Å². The fourth-order valence-electron chi connectivity index (χ4n) is 4.27. The Morgan fingerprint density at radius 3 is 2.35 bits per heavy atom.